The first-order valence-corrected chi connectivity index (χ1v) is 6.82. The first kappa shape index (κ1) is 14.5. The zero-order valence-corrected chi connectivity index (χ0v) is 12.4. The molecule has 0 unspecified atom stereocenters. The lowest BCUT2D eigenvalue weighted by atomic mass is 9.95. The number of pyridine rings is 1. The first-order valence-electron chi connectivity index (χ1n) is 6.82. The highest BCUT2D eigenvalue weighted by molar-refractivity contribution is 5.94. The van der Waals surface area contributed by atoms with Gasteiger partial charge in [0.2, 0.25) is 0 Å². The van der Waals surface area contributed by atoms with Gasteiger partial charge >= 0.3 is 5.69 Å². The Morgan fingerprint density at radius 2 is 1.70 bits per heavy atom. The maximum Gasteiger partial charge on any atom is 0.327 e. The zero-order valence-electron chi connectivity index (χ0n) is 12.4. The Kier molecular flexibility index (Phi) is 3.22. The van der Waals surface area contributed by atoms with Gasteiger partial charge in [-0.3, -0.25) is 19.6 Å². The van der Waals surface area contributed by atoms with Crippen LogP contribution < -0.4 is 16.8 Å². The van der Waals surface area contributed by atoms with Crippen molar-refractivity contribution in [2.75, 3.05) is 0 Å². The van der Waals surface area contributed by atoms with E-state index in [2.05, 4.69) is 15.0 Å². The van der Waals surface area contributed by atoms with Crippen LogP contribution in [-0.4, -0.2) is 15.0 Å². The molecule has 0 aliphatic rings. The molecule has 2 aromatic heterocycles. The molecular weight excluding hydrogens is 296 g/mol. The fourth-order valence-corrected chi connectivity index (χ4v) is 2.53. The Labute approximate surface area is 129 Å². The summed E-state index contributed by atoms with van der Waals surface area (Å²) in [5, 5.41) is 9.41. The van der Waals surface area contributed by atoms with Gasteiger partial charge in [0.25, 0.3) is 11.1 Å². The van der Waals surface area contributed by atoms with Crippen molar-refractivity contribution in [3.63, 3.8) is 0 Å². The second-order valence-electron chi connectivity index (χ2n) is 5.27. The van der Waals surface area contributed by atoms with Crippen molar-refractivity contribution in [1.82, 2.24) is 15.0 Å². The number of H-pyrrole nitrogens is 3. The van der Waals surface area contributed by atoms with Crippen LogP contribution in [0.2, 0.25) is 0 Å². The third kappa shape index (κ3) is 2.26. The van der Waals surface area contributed by atoms with E-state index < -0.39 is 16.8 Å². The van der Waals surface area contributed by atoms with Crippen molar-refractivity contribution in [1.29, 1.82) is 5.26 Å². The highest BCUT2D eigenvalue weighted by Gasteiger charge is 2.18. The Balaban J connectivity index is 2.59. The third-order valence-corrected chi connectivity index (χ3v) is 3.82. The molecule has 0 saturated heterocycles. The molecule has 0 bridgehead atoms. The van der Waals surface area contributed by atoms with Crippen LogP contribution in [0, 0.1) is 25.2 Å². The Bertz CT molecular complexity index is 1160. The second kappa shape index (κ2) is 5.10. The predicted molar refractivity (Wildman–Crippen MR) is 85.4 cm³/mol. The number of hydrogen-bond acceptors (Lipinski definition) is 4. The molecule has 0 spiro atoms. The van der Waals surface area contributed by atoms with E-state index >= 15 is 0 Å². The van der Waals surface area contributed by atoms with E-state index in [-0.39, 0.29) is 22.2 Å². The van der Waals surface area contributed by atoms with Crippen LogP contribution >= 0.6 is 0 Å². The quantitative estimate of drug-likeness (QED) is 0.622. The van der Waals surface area contributed by atoms with Crippen LogP contribution in [0.15, 0.2) is 32.6 Å². The molecule has 0 saturated carbocycles. The lowest BCUT2D eigenvalue weighted by molar-refractivity contribution is 1.05. The van der Waals surface area contributed by atoms with Gasteiger partial charge in [-0.05, 0) is 30.5 Å². The van der Waals surface area contributed by atoms with Gasteiger partial charge in [0.15, 0.2) is 0 Å². The van der Waals surface area contributed by atoms with E-state index in [4.69, 9.17) is 0 Å². The van der Waals surface area contributed by atoms with Crippen molar-refractivity contribution >= 4 is 11.0 Å². The maximum absolute atomic E-state index is 12.2. The highest BCUT2D eigenvalue weighted by Crippen LogP contribution is 2.27. The predicted octanol–water partition coefficient (Wildman–Crippen LogP) is 1.06. The standard InChI is InChI=1S/C16H12N4O3/c1-7-3-4-9(5-8(7)2)11-10(6-17)14(21)18-13-12(11)15(22)20-16(23)19-13/h3-5H,1-2H3,(H3,18,19,20,21,22,23). The van der Waals surface area contributed by atoms with Gasteiger partial charge in [-0.15, -0.1) is 0 Å². The Hall–Kier alpha value is -3.40. The molecular formula is C16H12N4O3. The molecule has 3 N–H and O–H groups in total. The molecule has 1 aromatic carbocycles. The molecule has 3 aromatic rings. The van der Waals surface area contributed by atoms with Crippen LogP contribution in [0.4, 0.5) is 0 Å². The lowest BCUT2D eigenvalue weighted by Crippen LogP contribution is -2.26. The monoisotopic (exact) mass is 308 g/mol. The summed E-state index contributed by atoms with van der Waals surface area (Å²) < 4.78 is 0. The van der Waals surface area contributed by atoms with Crippen LogP contribution in [0.5, 0.6) is 0 Å². The number of hydrogen-bond donors (Lipinski definition) is 3. The Morgan fingerprint density at radius 1 is 0.957 bits per heavy atom. The second-order valence-corrected chi connectivity index (χ2v) is 5.27. The third-order valence-electron chi connectivity index (χ3n) is 3.82. The fraction of sp³-hybridized carbons (Fsp3) is 0.125. The molecule has 0 atom stereocenters. The maximum atomic E-state index is 12.2. The van der Waals surface area contributed by atoms with Gasteiger partial charge in [0, 0.05) is 5.56 Å². The van der Waals surface area contributed by atoms with Gasteiger partial charge in [-0.1, -0.05) is 18.2 Å². The van der Waals surface area contributed by atoms with Crippen molar-refractivity contribution in [2.24, 2.45) is 0 Å². The van der Waals surface area contributed by atoms with E-state index in [0.29, 0.717) is 5.56 Å². The first-order chi connectivity index (χ1) is 10.9. The molecule has 2 heterocycles. The van der Waals surface area contributed by atoms with Crippen LogP contribution in [0.1, 0.15) is 16.7 Å². The Morgan fingerprint density at radius 3 is 2.35 bits per heavy atom. The summed E-state index contributed by atoms with van der Waals surface area (Å²) in [5.41, 5.74) is 0.567. The average Bonchev–Trinajstić information content (AvgIpc) is 2.48. The number of aromatic amines is 3. The number of nitrogens with zero attached hydrogens (tertiary/aromatic N) is 1. The molecule has 0 aliphatic carbocycles. The van der Waals surface area contributed by atoms with Crippen molar-refractivity contribution in [3.05, 3.63) is 66.1 Å². The minimum absolute atomic E-state index is 0.00372. The summed E-state index contributed by atoms with van der Waals surface area (Å²) in [6.07, 6.45) is 0. The molecule has 7 nitrogen and oxygen atoms in total. The van der Waals surface area contributed by atoms with Gasteiger partial charge in [-0.25, -0.2) is 4.79 Å². The molecule has 3 rings (SSSR count). The van der Waals surface area contributed by atoms with Crippen molar-refractivity contribution in [2.45, 2.75) is 13.8 Å². The SMILES string of the molecule is Cc1ccc(-c2c(C#N)c(=O)[nH]c3[nH]c(=O)[nH]c(=O)c23)cc1C. The number of fused-ring (bicyclic) bond motifs is 1. The zero-order chi connectivity index (χ0) is 16.7. The summed E-state index contributed by atoms with van der Waals surface area (Å²) in [5.74, 6) is 0. The van der Waals surface area contributed by atoms with Crippen LogP contribution in [0.3, 0.4) is 0 Å². The molecule has 23 heavy (non-hydrogen) atoms. The number of benzene rings is 1. The van der Waals surface area contributed by atoms with Crippen molar-refractivity contribution in [3.8, 4) is 17.2 Å². The molecule has 0 aliphatic heterocycles. The number of nitrogens with one attached hydrogen (secondary N) is 3. The number of aryl methyl sites for hydroxylation is 2. The summed E-state index contributed by atoms with van der Waals surface area (Å²) >= 11 is 0. The molecule has 7 heteroatoms. The van der Waals surface area contributed by atoms with Crippen molar-refractivity contribution < 1.29 is 0 Å². The topological polar surface area (TPSA) is 122 Å². The van der Waals surface area contributed by atoms with Crippen LogP contribution in [0.25, 0.3) is 22.2 Å². The minimum atomic E-state index is -0.728. The van der Waals surface area contributed by atoms with Crippen LogP contribution in [-0.2, 0) is 0 Å². The lowest BCUT2D eigenvalue weighted by Gasteiger charge is -2.09. The van der Waals surface area contributed by atoms with Gasteiger partial charge in [-0.2, -0.15) is 5.26 Å². The summed E-state index contributed by atoms with van der Waals surface area (Å²) in [6.45, 7) is 3.83. The van der Waals surface area contributed by atoms with E-state index in [9.17, 15) is 19.6 Å². The molecule has 0 radical (unpaired) electrons. The number of nitriles is 1. The smallest absolute Gasteiger partial charge is 0.307 e. The average molecular weight is 308 g/mol. The molecule has 0 fully saturated rings. The van der Waals surface area contributed by atoms with E-state index in [1.54, 1.807) is 12.1 Å². The summed E-state index contributed by atoms with van der Waals surface area (Å²) in [7, 11) is 0. The van der Waals surface area contributed by atoms with E-state index in [1.807, 2.05) is 26.0 Å². The van der Waals surface area contributed by atoms with Gasteiger partial charge in [0.1, 0.15) is 17.3 Å². The minimum Gasteiger partial charge on any atom is -0.307 e. The van der Waals surface area contributed by atoms with E-state index in [1.165, 1.54) is 0 Å². The number of aromatic nitrogens is 3. The van der Waals surface area contributed by atoms with Gasteiger partial charge < -0.3 is 4.98 Å². The highest BCUT2D eigenvalue weighted by atomic mass is 16.2. The molecule has 114 valence electrons. The van der Waals surface area contributed by atoms with Gasteiger partial charge in [0.05, 0.1) is 5.39 Å². The number of rotatable bonds is 1. The summed E-state index contributed by atoms with van der Waals surface area (Å²) in [4.78, 5) is 42.6. The molecule has 0 amide bonds. The normalized spacial score (nSPS) is 10.7. The fourth-order valence-electron chi connectivity index (χ4n) is 2.53. The largest absolute Gasteiger partial charge is 0.327 e. The van der Waals surface area contributed by atoms with E-state index in [0.717, 1.165) is 11.1 Å². The summed E-state index contributed by atoms with van der Waals surface area (Å²) in [6, 6.07) is 7.23.